The Morgan fingerprint density at radius 2 is 1.76 bits per heavy atom. The van der Waals surface area contributed by atoms with Gasteiger partial charge < -0.3 is 25.3 Å². The van der Waals surface area contributed by atoms with Crippen molar-refractivity contribution in [3.63, 3.8) is 0 Å². The molecule has 1 aliphatic rings. The van der Waals surface area contributed by atoms with E-state index >= 15 is 0 Å². The Balaban J connectivity index is 1.21. The van der Waals surface area contributed by atoms with Crippen molar-refractivity contribution < 1.29 is 9.53 Å². The highest BCUT2D eigenvalue weighted by atomic mass is 16.5. The van der Waals surface area contributed by atoms with Gasteiger partial charge in [0.05, 0.1) is 23.4 Å². The van der Waals surface area contributed by atoms with Gasteiger partial charge in [0.1, 0.15) is 29.4 Å². The number of piperidine rings is 1. The van der Waals surface area contributed by atoms with Gasteiger partial charge in [-0.2, -0.15) is 0 Å². The number of amides is 1. The second kappa shape index (κ2) is 10.4. The summed E-state index contributed by atoms with van der Waals surface area (Å²) >= 11 is 0. The van der Waals surface area contributed by atoms with Gasteiger partial charge in [-0.05, 0) is 81.1 Å². The number of benzene rings is 2. The van der Waals surface area contributed by atoms with E-state index < -0.39 is 5.91 Å². The van der Waals surface area contributed by atoms with Gasteiger partial charge in [-0.3, -0.25) is 4.79 Å². The summed E-state index contributed by atoms with van der Waals surface area (Å²) < 4.78 is 5.73. The number of aromatic nitrogens is 5. The van der Waals surface area contributed by atoms with Crippen molar-refractivity contribution in [1.82, 2.24) is 24.9 Å². The molecule has 41 heavy (non-hydrogen) atoms. The van der Waals surface area contributed by atoms with Gasteiger partial charge in [0.25, 0.3) is 0 Å². The van der Waals surface area contributed by atoms with Crippen LogP contribution in [0.3, 0.4) is 0 Å². The number of imidazole rings is 1. The molecule has 0 unspecified atom stereocenters. The third kappa shape index (κ3) is 4.92. The lowest BCUT2D eigenvalue weighted by Gasteiger charge is -2.38. The zero-order valence-corrected chi connectivity index (χ0v) is 23.9. The normalized spacial score (nSPS) is 14.9. The number of hydrogen-bond acceptors (Lipinski definition) is 6. The second-order valence-electron chi connectivity index (χ2n) is 11.1. The first-order chi connectivity index (χ1) is 19.8. The Morgan fingerprint density at radius 3 is 2.44 bits per heavy atom. The summed E-state index contributed by atoms with van der Waals surface area (Å²) in [5.74, 6) is 2.44. The number of fused-ring (bicyclic) bond motifs is 1. The molecule has 0 aliphatic carbocycles. The summed E-state index contributed by atoms with van der Waals surface area (Å²) in [7, 11) is 0. The zero-order chi connectivity index (χ0) is 28.7. The van der Waals surface area contributed by atoms with Crippen LogP contribution in [-0.4, -0.2) is 50.5 Å². The van der Waals surface area contributed by atoms with Crippen LogP contribution >= 0.6 is 0 Å². The standard InChI is InChI=1S/C32H35N7O2/c1-5-41-26-11-10-23(16-19(26)2)27-20(3)36-31(38-27)32(4)12-14-39(15-13-32)30-24-17-25(37-29(24)34-18-35-30)21-6-8-22(9-7-21)28(33)40/h6-11,16-18H,5,12-15H2,1-4H3,(H2,33,40)(H,36,38)(H,34,35,37). The predicted molar refractivity (Wildman–Crippen MR) is 161 cm³/mol. The number of carbonyl (C=O) groups excluding carboxylic acids is 1. The zero-order valence-electron chi connectivity index (χ0n) is 23.9. The number of nitrogens with one attached hydrogen (secondary N) is 2. The number of hydrogen-bond donors (Lipinski definition) is 3. The topological polar surface area (TPSA) is 126 Å². The third-order valence-electron chi connectivity index (χ3n) is 8.27. The number of ether oxygens (including phenoxy) is 1. The molecule has 1 amide bonds. The maximum Gasteiger partial charge on any atom is 0.248 e. The van der Waals surface area contributed by atoms with Crippen molar-refractivity contribution in [2.24, 2.45) is 5.73 Å². The molecule has 9 nitrogen and oxygen atoms in total. The highest BCUT2D eigenvalue weighted by molar-refractivity contribution is 5.94. The minimum Gasteiger partial charge on any atom is -0.494 e. The van der Waals surface area contributed by atoms with E-state index in [1.165, 1.54) is 0 Å². The van der Waals surface area contributed by atoms with Crippen LogP contribution in [0, 0.1) is 13.8 Å². The van der Waals surface area contributed by atoms with Crippen LogP contribution in [0.2, 0.25) is 0 Å². The van der Waals surface area contributed by atoms with E-state index in [1.807, 2.05) is 25.1 Å². The molecule has 0 atom stereocenters. The molecule has 0 spiro atoms. The predicted octanol–water partition coefficient (Wildman–Crippen LogP) is 5.69. The van der Waals surface area contributed by atoms with Crippen molar-refractivity contribution in [2.45, 2.75) is 46.0 Å². The lowest BCUT2D eigenvalue weighted by Crippen LogP contribution is -2.42. The minimum atomic E-state index is -0.439. The first-order valence-electron chi connectivity index (χ1n) is 14.1. The molecule has 3 aromatic heterocycles. The van der Waals surface area contributed by atoms with Gasteiger partial charge in [-0.15, -0.1) is 0 Å². The molecule has 9 heteroatoms. The molecule has 1 aliphatic heterocycles. The molecule has 210 valence electrons. The van der Waals surface area contributed by atoms with E-state index in [0.717, 1.165) is 88.1 Å². The van der Waals surface area contributed by atoms with Gasteiger partial charge >= 0.3 is 0 Å². The van der Waals surface area contributed by atoms with Gasteiger partial charge in [-0.1, -0.05) is 19.1 Å². The van der Waals surface area contributed by atoms with Crippen LogP contribution in [0.1, 0.15) is 54.1 Å². The Bertz CT molecular complexity index is 1730. The summed E-state index contributed by atoms with van der Waals surface area (Å²) in [5, 5.41) is 0.979. The Labute approximate surface area is 239 Å². The van der Waals surface area contributed by atoms with Crippen molar-refractivity contribution >= 4 is 22.8 Å². The van der Waals surface area contributed by atoms with E-state index in [2.05, 4.69) is 63.8 Å². The monoisotopic (exact) mass is 549 g/mol. The van der Waals surface area contributed by atoms with Crippen LogP contribution in [0.15, 0.2) is 54.9 Å². The molecule has 0 saturated carbocycles. The number of nitrogens with two attached hydrogens (primary N) is 1. The SMILES string of the molecule is CCOc1ccc(-c2[nH]c(C3(C)CCN(c4ncnc5[nH]c(-c6ccc(C(N)=O)cc6)cc45)CC3)nc2C)cc1C. The van der Waals surface area contributed by atoms with Gasteiger partial charge in [0.2, 0.25) is 5.91 Å². The van der Waals surface area contributed by atoms with E-state index in [-0.39, 0.29) is 5.41 Å². The van der Waals surface area contributed by atoms with Gasteiger partial charge in [0.15, 0.2) is 0 Å². The Hall–Kier alpha value is -4.66. The average Bonchev–Trinajstić information content (AvgIpc) is 3.59. The molecule has 0 bridgehead atoms. The number of aryl methyl sites for hydroxylation is 2. The van der Waals surface area contributed by atoms with Crippen LogP contribution in [0.4, 0.5) is 5.82 Å². The number of primary amides is 1. The summed E-state index contributed by atoms with van der Waals surface area (Å²) in [4.78, 5) is 35.0. The lowest BCUT2D eigenvalue weighted by atomic mass is 9.79. The first kappa shape index (κ1) is 26.6. The number of nitrogens with zero attached hydrogens (tertiary/aromatic N) is 4. The highest BCUT2D eigenvalue weighted by Gasteiger charge is 2.36. The average molecular weight is 550 g/mol. The summed E-state index contributed by atoms with van der Waals surface area (Å²) in [6.45, 7) is 10.8. The minimum absolute atomic E-state index is 0.0720. The molecule has 2 aromatic carbocycles. The number of H-pyrrole nitrogens is 2. The fourth-order valence-electron chi connectivity index (χ4n) is 5.75. The number of aromatic amines is 2. The fourth-order valence-corrected chi connectivity index (χ4v) is 5.75. The van der Waals surface area contributed by atoms with Gasteiger partial charge in [-0.25, -0.2) is 15.0 Å². The first-order valence-corrected chi connectivity index (χ1v) is 14.1. The largest absolute Gasteiger partial charge is 0.494 e. The van der Waals surface area contributed by atoms with Gasteiger partial charge in [0, 0.05) is 35.3 Å². The second-order valence-corrected chi connectivity index (χ2v) is 11.1. The number of rotatable bonds is 7. The number of anilines is 1. The van der Waals surface area contributed by atoms with E-state index in [9.17, 15) is 4.79 Å². The maximum absolute atomic E-state index is 11.5. The van der Waals surface area contributed by atoms with Crippen molar-refractivity contribution in [3.05, 3.63) is 77.5 Å². The Morgan fingerprint density at radius 1 is 1.02 bits per heavy atom. The molecule has 4 N–H and O–H groups in total. The van der Waals surface area contributed by atoms with E-state index in [0.29, 0.717) is 12.2 Å². The van der Waals surface area contributed by atoms with Crippen molar-refractivity contribution in [3.8, 4) is 28.3 Å². The Kier molecular flexibility index (Phi) is 6.73. The third-order valence-corrected chi connectivity index (χ3v) is 8.27. The van der Waals surface area contributed by atoms with Crippen LogP contribution in [0.25, 0.3) is 33.5 Å². The molecule has 4 heterocycles. The molecule has 5 aromatic rings. The summed E-state index contributed by atoms with van der Waals surface area (Å²) in [6, 6.07) is 15.6. The molecule has 1 saturated heterocycles. The molecule has 1 fully saturated rings. The van der Waals surface area contributed by atoms with Crippen LogP contribution in [-0.2, 0) is 5.41 Å². The van der Waals surface area contributed by atoms with Crippen molar-refractivity contribution in [1.29, 1.82) is 0 Å². The quantitative estimate of drug-likeness (QED) is 0.240. The maximum atomic E-state index is 11.5. The lowest BCUT2D eigenvalue weighted by molar-refractivity contribution is 0.100. The van der Waals surface area contributed by atoms with E-state index in [4.69, 9.17) is 15.5 Å². The van der Waals surface area contributed by atoms with Crippen LogP contribution < -0.4 is 15.4 Å². The highest BCUT2D eigenvalue weighted by Crippen LogP contribution is 2.38. The summed E-state index contributed by atoms with van der Waals surface area (Å²) in [6.07, 6.45) is 3.50. The molecule has 6 rings (SSSR count). The molecular formula is C32H35N7O2. The molecular weight excluding hydrogens is 514 g/mol. The molecule has 0 radical (unpaired) electrons. The van der Waals surface area contributed by atoms with Crippen LogP contribution in [0.5, 0.6) is 5.75 Å². The number of carbonyl (C=O) groups is 1. The fraction of sp³-hybridized carbons (Fsp3) is 0.312. The summed E-state index contributed by atoms with van der Waals surface area (Å²) in [5.41, 5.74) is 12.8. The van der Waals surface area contributed by atoms with E-state index in [1.54, 1.807) is 18.5 Å². The van der Waals surface area contributed by atoms with Crippen molar-refractivity contribution in [2.75, 3.05) is 24.6 Å². The smallest absolute Gasteiger partial charge is 0.248 e.